The van der Waals surface area contributed by atoms with E-state index in [1.54, 1.807) is 4.90 Å². The van der Waals surface area contributed by atoms with Crippen molar-refractivity contribution in [1.29, 1.82) is 0 Å². The van der Waals surface area contributed by atoms with Crippen LogP contribution in [0.15, 0.2) is 22.6 Å². The third-order valence-electron chi connectivity index (χ3n) is 4.24. The van der Waals surface area contributed by atoms with E-state index in [9.17, 15) is 4.79 Å². The van der Waals surface area contributed by atoms with E-state index in [1.165, 1.54) is 0 Å². The number of hydrogen-bond donors (Lipinski definition) is 2. The van der Waals surface area contributed by atoms with E-state index in [2.05, 4.69) is 10.3 Å². The summed E-state index contributed by atoms with van der Waals surface area (Å²) in [5, 5.41) is 2.95. The monoisotopic (exact) mass is 304 g/mol. The molecule has 0 radical (unpaired) electrons. The number of amides is 1. The fraction of sp³-hybridized carbons (Fsp3) is 0.500. The van der Waals surface area contributed by atoms with Crippen molar-refractivity contribution in [3.63, 3.8) is 0 Å². The molecule has 0 aliphatic carbocycles. The van der Waals surface area contributed by atoms with Gasteiger partial charge in [-0.1, -0.05) is 13.8 Å². The molecular formula is C16H24N4O2. The first kappa shape index (κ1) is 16.3. The van der Waals surface area contributed by atoms with E-state index in [-0.39, 0.29) is 5.91 Å². The van der Waals surface area contributed by atoms with Crippen LogP contribution in [0, 0.1) is 5.41 Å². The largest absolute Gasteiger partial charge is 0.423 e. The molecule has 0 aliphatic heterocycles. The third kappa shape index (κ3) is 2.92. The number of nitrogens with zero attached hydrogens (tertiary/aromatic N) is 2. The smallest absolute Gasteiger partial charge is 0.297 e. The van der Waals surface area contributed by atoms with E-state index < -0.39 is 5.41 Å². The predicted molar refractivity (Wildman–Crippen MR) is 89.0 cm³/mol. The SMILES string of the molecule is CCC(CC)(CN)C(=O)Nc1ccc2oc(N(C)C)nc2c1. The third-order valence-corrected chi connectivity index (χ3v) is 4.24. The lowest BCUT2D eigenvalue weighted by molar-refractivity contribution is -0.125. The van der Waals surface area contributed by atoms with E-state index in [0.717, 1.165) is 0 Å². The van der Waals surface area contributed by atoms with Gasteiger partial charge in [-0.2, -0.15) is 4.98 Å². The lowest BCUT2D eigenvalue weighted by atomic mass is 9.81. The van der Waals surface area contributed by atoms with Crippen LogP contribution in [0.5, 0.6) is 0 Å². The standard InChI is InChI=1S/C16H24N4O2/c1-5-16(6-2,10-17)14(21)18-11-7-8-13-12(9-11)19-15(22-13)20(3)4/h7-9H,5-6,10,17H2,1-4H3,(H,18,21). The van der Waals surface area contributed by atoms with Gasteiger partial charge in [0.25, 0.3) is 6.01 Å². The average Bonchev–Trinajstić information content (AvgIpc) is 2.93. The second-order valence-electron chi connectivity index (χ2n) is 5.72. The Morgan fingerprint density at radius 2 is 2.05 bits per heavy atom. The number of oxazole rings is 1. The van der Waals surface area contributed by atoms with Gasteiger partial charge in [0.15, 0.2) is 5.58 Å². The van der Waals surface area contributed by atoms with Crippen LogP contribution in [0.2, 0.25) is 0 Å². The molecule has 0 fully saturated rings. The number of fused-ring (bicyclic) bond motifs is 1. The van der Waals surface area contributed by atoms with Gasteiger partial charge in [0.05, 0.1) is 5.41 Å². The fourth-order valence-corrected chi connectivity index (χ4v) is 2.40. The first-order valence-corrected chi connectivity index (χ1v) is 7.55. The van der Waals surface area contributed by atoms with Crippen LogP contribution >= 0.6 is 0 Å². The molecule has 22 heavy (non-hydrogen) atoms. The van der Waals surface area contributed by atoms with Crippen LogP contribution in [-0.4, -0.2) is 31.5 Å². The minimum absolute atomic E-state index is 0.0457. The molecule has 1 aromatic carbocycles. The van der Waals surface area contributed by atoms with Crippen LogP contribution in [0.25, 0.3) is 11.1 Å². The lowest BCUT2D eigenvalue weighted by Crippen LogP contribution is -2.41. The maximum absolute atomic E-state index is 12.5. The fourth-order valence-electron chi connectivity index (χ4n) is 2.40. The number of carbonyl (C=O) groups is 1. The Hall–Kier alpha value is -2.08. The molecule has 6 heteroatoms. The van der Waals surface area contributed by atoms with Crippen LogP contribution in [0.4, 0.5) is 11.7 Å². The van der Waals surface area contributed by atoms with Crippen molar-refractivity contribution >= 4 is 28.7 Å². The summed E-state index contributed by atoms with van der Waals surface area (Å²) in [4.78, 5) is 18.7. The van der Waals surface area contributed by atoms with Gasteiger partial charge in [0.2, 0.25) is 5.91 Å². The number of rotatable bonds is 6. The molecule has 0 saturated heterocycles. The van der Waals surface area contributed by atoms with Gasteiger partial charge >= 0.3 is 0 Å². The van der Waals surface area contributed by atoms with Gasteiger partial charge in [-0.3, -0.25) is 4.79 Å². The van der Waals surface area contributed by atoms with Crippen LogP contribution < -0.4 is 16.0 Å². The molecule has 0 atom stereocenters. The zero-order valence-electron chi connectivity index (χ0n) is 13.6. The van der Waals surface area contributed by atoms with E-state index >= 15 is 0 Å². The molecule has 1 heterocycles. The number of nitrogens with two attached hydrogens (primary N) is 1. The lowest BCUT2D eigenvalue weighted by Gasteiger charge is -2.28. The van der Waals surface area contributed by atoms with Crippen molar-refractivity contribution in [3.8, 4) is 0 Å². The van der Waals surface area contributed by atoms with Crippen molar-refractivity contribution in [3.05, 3.63) is 18.2 Å². The van der Waals surface area contributed by atoms with Gasteiger partial charge in [0, 0.05) is 26.3 Å². The molecule has 0 saturated carbocycles. The Morgan fingerprint density at radius 1 is 1.36 bits per heavy atom. The molecule has 6 nitrogen and oxygen atoms in total. The van der Waals surface area contributed by atoms with Crippen LogP contribution in [0.1, 0.15) is 26.7 Å². The molecule has 1 amide bonds. The van der Waals surface area contributed by atoms with Crippen molar-refractivity contribution in [2.24, 2.45) is 11.1 Å². The number of anilines is 2. The number of hydrogen-bond acceptors (Lipinski definition) is 5. The summed E-state index contributed by atoms with van der Waals surface area (Å²) in [6.07, 6.45) is 1.42. The minimum Gasteiger partial charge on any atom is -0.423 e. The highest BCUT2D eigenvalue weighted by Crippen LogP contribution is 2.28. The summed E-state index contributed by atoms with van der Waals surface area (Å²) in [6.45, 7) is 4.31. The van der Waals surface area contributed by atoms with Gasteiger partial charge in [-0.15, -0.1) is 0 Å². The van der Waals surface area contributed by atoms with Crippen molar-refractivity contribution < 1.29 is 9.21 Å². The number of benzene rings is 1. The zero-order chi connectivity index (χ0) is 16.3. The van der Waals surface area contributed by atoms with E-state index in [4.69, 9.17) is 10.2 Å². The first-order valence-electron chi connectivity index (χ1n) is 7.55. The molecule has 0 unspecified atom stereocenters. The van der Waals surface area contributed by atoms with Gasteiger partial charge < -0.3 is 20.4 Å². The summed E-state index contributed by atoms with van der Waals surface area (Å²) >= 11 is 0. The molecule has 0 bridgehead atoms. The molecule has 0 aliphatic rings. The maximum Gasteiger partial charge on any atom is 0.297 e. The van der Waals surface area contributed by atoms with Crippen molar-refractivity contribution in [2.75, 3.05) is 30.9 Å². The quantitative estimate of drug-likeness (QED) is 0.857. The molecule has 2 aromatic rings. The summed E-state index contributed by atoms with van der Waals surface area (Å²) in [5.41, 5.74) is 7.41. The van der Waals surface area contributed by atoms with Gasteiger partial charge in [-0.05, 0) is 31.0 Å². The molecular weight excluding hydrogens is 280 g/mol. The number of aromatic nitrogens is 1. The second-order valence-corrected chi connectivity index (χ2v) is 5.72. The van der Waals surface area contributed by atoms with Crippen LogP contribution in [0.3, 0.4) is 0 Å². The Balaban J connectivity index is 2.26. The van der Waals surface area contributed by atoms with Crippen LogP contribution in [-0.2, 0) is 4.79 Å². The van der Waals surface area contributed by atoms with Gasteiger partial charge in [0.1, 0.15) is 5.52 Å². The summed E-state index contributed by atoms with van der Waals surface area (Å²) in [6, 6.07) is 5.98. The molecule has 0 spiro atoms. The topological polar surface area (TPSA) is 84.4 Å². The molecule has 120 valence electrons. The molecule has 1 aromatic heterocycles. The predicted octanol–water partition coefficient (Wildman–Crippen LogP) is 2.60. The molecule has 3 N–H and O–H groups in total. The summed E-state index contributed by atoms with van der Waals surface area (Å²) in [5.74, 6) is -0.0457. The Bertz CT molecular complexity index is 651. The Morgan fingerprint density at radius 3 is 2.59 bits per heavy atom. The highest BCUT2D eigenvalue weighted by molar-refractivity contribution is 5.96. The highest BCUT2D eigenvalue weighted by atomic mass is 16.4. The summed E-state index contributed by atoms with van der Waals surface area (Å²) < 4.78 is 5.60. The highest BCUT2D eigenvalue weighted by Gasteiger charge is 2.33. The summed E-state index contributed by atoms with van der Waals surface area (Å²) in [7, 11) is 3.73. The molecule has 2 rings (SSSR count). The zero-order valence-corrected chi connectivity index (χ0v) is 13.6. The average molecular weight is 304 g/mol. The van der Waals surface area contributed by atoms with E-state index in [1.807, 2.05) is 46.1 Å². The van der Waals surface area contributed by atoms with E-state index in [0.29, 0.717) is 42.2 Å². The number of nitrogens with one attached hydrogen (secondary N) is 1. The Kier molecular flexibility index (Phi) is 4.71. The van der Waals surface area contributed by atoms with Crippen molar-refractivity contribution in [1.82, 2.24) is 4.98 Å². The van der Waals surface area contributed by atoms with Crippen molar-refractivity contribution in [2.45, 2.75) is 26.7 Å². The second kappa shape index (κ2) is 6.36. The maximum atomic E-state index is 12.5. The normalized spacial score (nSPS) is 11.7. The Labute approximate surface area is 130 Å². The minimum atomic E-state index is -0.520. The number of carbonyl (C=O) groups excluding carboxylic acids is 1. The first-order chi connectivity index (χ1) is 10.5. The van der Waals surface area contributed by atoms with Gasteiger partial charge in [-0.25, -0.2) is 0 Å².